The first-order chi connectivity index (χ1) is 16.2. The minimum Gasteiger partial charge on any atom is -0.497 e. The molecule has 3 heteroatoms. The Morgan fingerprint density at radius 1 is 0.941 bits per heavy atom. The summed E-state index contributed by atoms with van der Waals surface area (Å²) in [6.07, 6.45) is 1.99. The first-order valence-electron chi connectivity index (χ1n) is 12.2. The van der Waals surface area contributed by atoms with Crippen molar-refractivity contribution in [3.8, 4) is 5.75 Å². The summed E-state index contributed by atoms with van der Waals surface area (Å²) in [6, 6.07) is 18.2. The van der Waals surface area contributed by atoms with E-state index in [0.29, 0.717) is 12.2 Å². The average molecular weight is 455 g/mol. The fraction of sp³-hybridized carbons (Fsp3) is 0.387. The molecule has 5 rings (SSSR count). The number of Topliss-reactive ketones (excluding diaryl/α,β-unsaturated/α-hetero) is 1. The number of carbonyl (C=O) groups is 1. The molecule has 2 aromatic carbocycles. The molecule has 4 atom stereocenters. The third-order valence-electron chi connectivity index (χ3n) is 9.54. The lowest BCUT2D eigenvalue weighted by Crippen LogP contribution is -2.52. The fourth-order valence-corrected chi connectivity index (χ4v) is 7.44. The molecule has 2 aromatic rings. The topological polar surface area (TPSA) is 35.5 Å². The summed E-state index contributed by atoms with van der Waals surface area (Å²) in [5.74, 6) is 2.03. The van der Waals surface area contributed by atoms with Gasteiger partial charge in [0.2, 0.25) is 0 Å². The molecule has 0 spiro atoms. The number of allylic oxidation sites excluding steroid dienone is 5. The van der Waals surface area contributed by atoms with E-state index in [9.17, 15) is 4.79 Å². The Morgan fingerprint density at radius 2 is 1.59 bits per heavy atom. The SMILES string of the molecule is CCOC1=C2[C@]3(C)C(C)=C(C)[C@@](C)(C3C)[C@@]2(c2ccccc2)C(=O)C(c2ccc(OC)cc2)=C1. The first kappa shape index (κ1) is 22.7. The lowest BCUT2D eigenvalue weighted by atomic mass is 9.50. The quantitative estimate of drug-likeness (QED) is 0.461. The van der Waals surface area contributed by atoms with Crippen LogP contribution in [0.2, 0.25) is 0 Å². The Balaban J connectivity index is 1.90. The molecular formula is C31H34O3. The maximum atomic E-state index is 15.0. The Kier molecular flexibility index (Phi) is 4.99. The molecular weight excluding hydrogens is 420 g/mol. The molecule has 34 heavy (non-hydrogen) atoms. The number of ketones is 1. The highest BCUT2D eigenvalue weighted by Crippen LogP contribution is 2.79. The van der Waals surface area contributed by atoms with Gasteiger partial charge in [-0.2, -0.15) is 0 Å². The van der Waals surface area contributed by atoms with Crippen LogP contribution in [0, 0.1) is 16.7 Å². The maximum Gasteiger partial charge on any atom is 0.179 e. The predicted molar refractivity (Wildman–Crippen MR) is 137 cm³/mol. The monoisotopic (exact) mass is 454 g/mol. The van der Waals surface area contributed by atoms with Crippen LogP contribution in [0.15, 0.2) is 83.2 Å². The van der Waals surface area contributed by atoms with E-state index < -0.39 is 5.41 Å². The molecule has 1 saturated carbocycles. The van der Waals surface area contributed by atoms with Gasteiger partial charge in [-0.3, -0.25) is 4.79 Å². The zero-order chi connectivity index (χ0) is 24.5. The van der Waals surface area contributed by atoms with Gasteiger partial charge in [-0.25, -0.2) is 0 Å². The van der Waals surface area contributed by atoms with Crippen LogP contribution >= 0.6 is 0 Å². The lowest BCUT2D eigenvalue weighted by molar-refractivity contribution is -0.121. The highest BCUT2D eigenvalue weighted by atomic mass is 16.5. The Bertz CT molecular complexity index is 1260. The van der Waals surface area contributed by atoms with Crippen LogP contribution in [0.1, 0.15) is 52.7 Å². The molecule has 0 radical (unpaired) electrons. The second-order valence-corrected chi connectivity index (χ2v) is 10.3. The molecule has 0 amide bonds. The molecule has 1 unspecified atom stereocenters. The molecule has 2 bridgehead atoms. The summed E-state index contributed by atoms with van der Waals surface area (Å²) in [5.41, 5.74) is 5.04. The van der Waals surface area contributed by atoms with Crippen molar-refractivity contribution in [1.29, 1.82) is 0 Å². The van der Waals surface area contributed by atoms with E-state index in [1.165, 1.54) is 11.1 Å². The number of rotatable bonds is 5. The van der Waals surface area contributed by atoms with Crippen molar-refractivity contribution in [1.82, 2.24) is 0 Å². The lowest BCUT2D eigenvalue weighted by Gasteiger charge is -2.50. The average Bonchev–Trinajstić information content (AvgIpc) is 3.11. The van der Waals surface area contributed by atoms with Gasteiger partial charge in [-0.15, -0.1) is 0 Å². The van der Waals surface area contributed by atoms with Gasteiger partial charge in [0.25, 0.3) is 0 Å². The fourth-order valence-electron chi connectivity index (χ4n) is 7.44. The van der Waals surface area contributed by atoms with Gasteiger partial charge >= 0.3 is 0 Å². The van der Waals surface area contributed by atoms with Gasteiger partial charge < -0.3 is 9.47 Å². The van der Waals surface area contributed by atoms with E-state index in [1.54, 1.807) is 7.11 Å². The van der Waals surface area contributed by atoms with Crippen molar-refractivity contribution < 1.29 is 14.3 Å². The van der Waals surface area contributed by atoms with Crippen molar-refractivity contribution in [2.45, 2.75) is 47.0 Å². The highest BCUT2D eigenvalue weighted by Gasteiger charge is 2.77. The number of ether oxygens (including phenoxy) is 2. The molecule has 0 saturated heterocycles. The van der Waals surface area contributed by atoms with Gasteiger partial charge in [0, 0.05) is 22.0 Å². The predicted octanol–water partition coefficient (Wildman–Crippen LogP) is 6.90. The van der Waals surface area contributed by atoms with E-state index in [-0.39, 0.29) is 22.5 Å². The third kappa shape index (κ3) is 2.40. The third-order valence-corrected chi connectivity index (χ3v) is 9.54. The van der Waals surface area contributed by atoms with Crippen LogP contribution in [0.25, 0.3) is 5.57 Å². The van der Waals surface area contributed by atoms with E-state index in [0.717, 1.165) is 28.2 Å². The molecule has 0 aliphatic heterocycles. The number of carbonyl (C=O) groups excluding carboxylic acids is 1. The maximum absolute atomic E-state index is 15.0. The zero-order valence-corrected chi connectivity index (χ0v) is 21.3. The van der Waals surface area contributed by atoms with Crippen LogP contribution in [-0.4, -0.2) is 19.5 Å². The molecule has 0 aromatic heterocycles. The van der Waals surface area contributed by atoms with E-state index in [2.05, 4.69) is 58.9 Å². The van der Waals surface area contributed by atoms with Gasteiger partial charge in [-0.1, -0.05) is 74.4 Å². The van der Waals surface area contributed by atoms with Gasteiger partial charge in [-0.05, 0) is 56.0 Å². The molecule has 3 aliphatic rings. The number of hydrogen-bond donors (Lipinski definition) is 0. The summed E-state index contributed by atoms with van der Waals surface area (Å²) < 4.78 is 11.8. The zero-order valence-electron chi connectivity index (χ0n) is 21.3. The summed E-state index contributed by atoms with van der Waals surface area (Å²) >= 11 is 0. The smallest absolute Gasteiger partial charge is 0.179 e. The minimum absolute atomic E-state index is 0.159. The largest absolute Gasteiger partial charge is 0.497 e. The summed E-state index contributed by atoms with van der Waals surface area (Å²) in [6.45, 7) is 14.0. The van der Waals surface area contributed by atoms with Crippen molar-refractivity contribution in [3.63, 3.8) is 0 Å². The minimum atomic E-state index is -0.819. The van der Waals surface area contributed by atoms with E-state index >= 15 is 0 Å². The second-order valence-electron chi connectivity index (χ2n) is 10.3. The van der Waals surface area contributed by atoms with Crippen LogP contribution in [0.5, 0.6) is 5.75 Å². The second kappa shape index (κ2) is 7.46. The number of benzene rings is 2. The molecule has 176 valence electrons. The Labute approximate surface area is 203 Å². The van der Waals surface area contributed by atoms with Crippen molar-refractivity contribution in [3.05, 3.63) is 94.3 Å². The van der Waals surface area contributed by atoms with Crippen LogP contribution in [0.3, 0.4) is 0 Å². The van der Waals surface area contributed by atoms with E-state index in [1.807, 2.05) is 43.3 Å². The van der Waals surface area contributed by atoms with Gasteiger partial charge in [0.15, 0.2) is 5.78 Å². The van der Waals surface area contributed by atoms with Crippen LogP contribution in [0.4, 0.5) is 0 Å². The van der Waals surface area contributed by atoms with E-state index in [4.69, 9.17) is 9.47 Å². The molecule has 3 aliphatic carbocycles. The number of fused-ring (bicyclic) bond motifs is 5. The number of methoxy groups -OCH3 is 1. The molecule has 0 heterocycles. The summed E-state index contributed by atoms with van der Waals surface area (Å²) in [4.78, 5) is 15.0. The normalized spacial score (nSPS) is 32.1. The van der Waals surface area contributed by atoms with Crippen LogP contribution in [-0.2, 0) is 14.9 Å². The molecule has 0 N–H and O–H groups in total. The summed E-state index contributed by atoms with van der Waals surface area (Å²) in [5, 5.41) is 0. The first-order valence-corrected chi connectivity index (χ1v) is 12.2. The van der Waals surface area contributed by atoms with Crippen molar-refractivity contribution in [2.24, 2.45) is 16.7 Å². The summed E-state index contributed by atoms with van der Waals surface area (Å²) in [7, 11) is 1.66. The van der Waals surface area contributed by atoms with Gasteiger partial charge in [0.1, 0.15) is 11.5 Å². The number of hydrogen-bond acceptors (Lipinski definition) is 3. The van der Waals surface area contributed by atoms with Crippen molar-refractivity contribution in [2.75, 3.05) is 13.7 Å². The Morgan fingerprint density at radius 3 is 2.18 bits per heavy atom. The van der Waals surface area contributed by atoms with Gasteiger partial charge in [0.05, 0.1) is 19.1 Å². The highest BCUT2D eigenvalue weighted by molar-refractivity contribution is 6.29. The molecule has 1 fully saturated rings. The van der Waals surface area contributed by atoms with Crippen molar-refractivity contribution >= 4 is 11.4 Å². The Hall–Kier alpha value is -3.07. The molecule has 3 nitrogen and oxygen atoms in total. The standard InChI is InChI=1S/C31H34O3/c1-8-34-26-18-25(22-14-16-24(33-7)17-15-22)28(32)31(23-12-10-9-11-13-23)27(26)29(5)19(2)20(3)30(31,6)21(29)4/h9-18,21H,8H2,1-7H3/t21?,29-,30+,31-/m1/s1. The van der Waals surface area contributed by atoms with Crippen LogP contribution < -0.4 is 4.74 Å².